The smallest absolute Gasteiger partial charge is 0.303 e. The van der Waals surface area contributed by atoms with E-state index in [2.05, 4.69) is 0 Å². The number of aliphatic hydroxyl groups excluding tert-OH is 1. The first kappa shape index (κ1) is 17.5. The molecule has 5 atom stereocenters. The quantitative estimate of drug-likeness (QED) is 0.651. The van der Waals surface area contributed by atoms with E-state index >= 15 is 0 Å². The summed E-state index contributed by atoms with van der Waals surface area (Å²) in [6, 6.07) is 9.48. The number of halogens is 2. The fourth-order valence-corrected chi connectivity index (χ4v) is 3.00. The zero-order valence-electron chi connectivity index (χ0n) is 12.0. The molecule has 1 aromatic carbocycles. The van der Waals surface area contributed by atoms with E-state index < -0.39 is 35.9 Å². The van der Waals surface area contributed by atoms with Crippen molar-refractivity contribution in [1.82, 2.24) is 0 Å². The number of hydrogen-bond donors (Lipinski definition) is 1. The fourth-order valence-electron chi connectivity index (χ4n) is 2.28. The van der Waals surface area contributed by atoms with Crippen LogP contribution in [0.25, 0.3) is 0 Å². The number of ether oxygens (including phenoxy) is 3. The lowest BCUT2D eigenvalue weighted by atomic mass is 10.0. The topological polar surface area (TPSA) is 65.0 Å². The summed E-state index contributed by atoms with van der Waals surface area (Å²) in [7, 11) is 0. The van der Waals surface area contributed by atoms with Crippen molar-refractivity contribution in [3.05, 3.63) is 35.9 Å². The number of carbonyl (C=O) groups is 1. The minimum Gasteiger partial charge on any atom is -0.454 e. The van der Waals surface area contributed by atoms with Gasteiger partial charge in [-0.3, -0.25) is 4.79 Å². The Morgan fingerprint density at radius 1 is 1.32 bits per heavy atom. The third-order valence-corrected chi connectivity index (χ3v) is 4.16. The van der Waals surface area contributed by atoms with Crippen LogP contribution < -0.4 is 0 Å². The Balaban J connectivity index is 2.10. The van der Waals surface area contributed by atoms with Crippen molar-refractivity contribution in [1.29, 1.82) is 0 Å². The summed E-state index contributed by atoms with van der Waals surface area (Å²) in [6.45, 7) is 1.52. The van der Waals surface area contributed by atoms with Gasteiger partial charge in [-0.15, -0.1) is 23.2 Å². The highest BCUT2D eigenvalue weighted by molar-refractivity contribution is 6.23. The van der Waals surface area contributed by atoms with Crippen LogP contribution in [-0.2, 0) is 25.6 Å². The number of carbonyl (C=O) groups excluding carboxylic acids is 1. The molecule has 0 amide bonds. The predicted molar refractivity (Wildman–Crippen MR) is 81.8 cm³/mol. The molecule has 1 heterocycles. The second-order valence-corrected chi connectivity index (χ2v) is 5.81. The number of alkyl halides is 2. The molecule has 0 saturated carbocycles. The van der Waals surface area contributed by atoms with E-state index in [4.69, 9.17) is 37.4 Å². The van der Waals surface area contributed by atoms with Crippen LogP contribution in [-0.4, -0.2) is 46.9 Å². The summed E-state index contributed by atoms with van der Waals surface area (Å²) in [5.74, 6) is -0.447. The van der Waals surface area contributed by atoms with Crippen LogP contribution in [0.2, 0.25) is 0 Å². The summed E-state index contributed by atoms with van der Waals surface area (Å²) in [6.07, 6.45) is -3.64. The monoisotopic (exact) mass is 348 g/mol. The van der Waals surface area contributed by atoms with E-state index in [1.165, 1.54) is 6.92 Å². The molecule has 1 saturated heterocycles. The van der Waals surface area contributed by atoms with Crippen LogP contribution in [0.15, 0.2) is 30.3 Å². The van der Waals surface area contributed by atoms with Crippen LogP contribution in [0.4, 0.5) is 0 Å². The van der Waals surface area contributed by atoms with Crippen LogP contribution >= 0.6 is 23.2 Å². The van der Waals surface area contributed by atoms with Gasteiger partial charge in [-0.25, -0.2) is 0 Å². The van der Waals surface area contributed by atoms with E-state index in [9.17, 15) is 9.90 Å². The number of benzene rings is 1. The third kappa shape index (κ3) is 4.33. The molecule has 0 aromatic heterocycles. The Morgan fingerprint density at radius 2 is 2.00 bits per heavy atom. The molecule has 1 N–H and O–H groups in total. The van der Waals surface area contributed by atoms with Crippen molar-refractivity contribution < 1.29 is 24.1 Å². The molecule has 1 aromatic rings. The Kier molecular flexibility index (Phi) is 6.47. The van der Waals surface area contributed by atoms with Gasteiger partial charge in [0.1, 0.15) is 6.10 Å². The van der Waals surface area contributed by atoms with Gasteiger partial charge in [0, 0.05) is 6.92 Å². The van der Waals surface area contributed by atoms with Crippen LogP contribution in [0, 0.1) is 0 Å². The molecule has 1 fully saturated rings. The molecule has 5 nitrogen and oxygen atoms in total. The first-order valence-electron chi connectivity index (χ1n) is 6.89. The van der Waals surface area contributed by atoms with Crippen molar-refractivity contribution >= 4 is 29.2 Å². The van der Waals surface area contributed by atoms with E-state index in [-0.39, 0.29) is 12.5 Å². The zero-order valence-corrected chi connectivity index (χ0v) is 13.5. The van der Waals surface area contributed by atoms with Gasteiger partial charge < -0.3 is 19.3 Å². The summed E-state index contributed by atoms with van der Waals surface area (Å²) in [5, 5.41) is 9.36. The average Bonchev–Trinajstić information content (AvgIpc) is 2.50. The molecule has 7 heteroatoms. The van der Waals surface area contributed by atoms with Gasteiger partial charge in [-0.2, -0.15) is 0 Å². The van der Waals surface area contributed by atoms with Crippen molar-refractivity contribution in [2.75, 3.05) is 5.88 Å². The average molecular weight is 349 g/mol. The highest BCUT2D eigenvalue weighted by Crippen LogP contribution is 2.30. The largest absolute Gasteiger partial charge is 0.454 e. The second kappa shape index (κ2) is 8.13. The van der Waals surface area contributed by atoms with Gasteiger partial charge in [-0.1, -0.05) is 30.3 Å². The lowest BCUT2D eigenvalue weighted by Gasteiger charge is -2.41. The summed E-state index contributed by atoms with van der Waals surface area (Å²) >= 11 is 12.1. The molecule has 0 spiro atoms. The Morgan fingerprint density at radius 3 is 2.59 bits per heavy atom. The van der Waals surface area contributed by atoms with Gasteiger partial charge in [0.05, 0.1) is 24.0 Å². The molecule has 0 aliphatic carbocycles. The van der Waals surface area contributed by atoms with Gasteiger partial charge >= 0.3 is 5.97 Å². The molecular formula is C15H18Cl2O5. The van der Waals surface area contributed by atoms with Crippen molar-refractivity contribution in [2.45, 2.75) is 43.5 Å². The van der Waals surface area contributed by atoms with Crippen molar-refractivity contribution in [3.8, 4) is 0 Å². The van der Waals surface area contributed by atoms with Crippen molar-refractivity contribution in [3.63, 3.8) is 0 Å². The minimum absolute atomic E-state index is 0.100. The third-order valence-electron chi connectivity index (χ3n) is 3.33. The zero-order chi connectivity index (χ0) is 16.1. The fraction of sp³-hybridized carbons (Fsp3) is 0.533. The first-order valence-corrected chi connectivity index (χ1v) is 7.86. The molecular weight excluding hydrogens is 331 g/mol. The van der Waals surface area contributed by atoms with Crippen LogP contribution in [0.5, 0.6) is 0 Å². The number of aliphatic hydroxyl groups is 1. The highest BCUT2D eigenvalue weighted by Gasteiger charge is 2.47. The van der Waals surface area contributed by atoms with E-state index in [0.29, 0.717) is 0 Å². The van der Waals surface area contributed by atoms with E-state index in [1.807, 2.05) is 30.3 Å². The summed E-state index contributed by atoms with van der Waals surface area (Å²) in [5.41, 5.74) is 0.941. The maximum absolute atomic E-state index is 11.2. The molecule has 1 aliphatic heterocycles. The van der Waals surface area contributed by atoms with Gasteiger partial charge in [-0.05, 0) is 5.56 Å². The Hall–Kier alpha value is -0.850. The maximum atomic E-state index is 11.2. The van der Waals surface area contributed by atoms with Crippen LogP contribution in [0.3, 0.4) is 0 Å². The standard InChI is InChI=1S/C15H18Cl2O5/c1-9(18)21-14-13(12(17)11(7-16)22-15(14)19)20-8-10-5-3-2-4-6-10/h2-6,11-15,19H,7-8H2,1H3/t11-,12+,13+,14-,15?/m1/s1. The number of rotatable bonds is 5. The first-order chi connectivity index (χ1) is 10.5. The Labute approximate surface area is 139 Å². The van der Waals surface area contributed by atoms with Gasteiger partial charge in [0.15, 0.2) is 12.4 Å². The van der Waals surface area contributed by atoms with E-state index in [1.54, 1.807) is 0 Å². The molecule has 1 unspecified atom stereocenters. The van der Waals surface area contributed by atoms with Gasteiger partial charge in [0.2, 0.25) is 0 Å². The van der Waals surface area contributed by atoms with Crippen LogP contribution in [0.1, 0.15) is 12.5 Å². The summed E-state index contributed by atoms with van der Waals surface area (Å²) < 4.78 is 16.2. The lowest BCUT2D eigenvalue weighted by molar-refractivity contribution is -0.257. The molecule has 0 radical (unpaired) electrons. The molecule has 122 valence electrons. The number of esters is 1. The Bertz CT molecular complexity index is 484. The molecule has 22 heavy (non-hydrogen) atoms. The normalized spacial score (nSPS) is 31.7. The molecule has 0 bridgehead atoms. The second-order valence-electron chi connectivity index (χ2n) is 5.00. The summed E-state index contributed by atoms with van der Waals surface area (Å²) in [4.78, 5) is 11.2. The number of hydrogen-bond acceptors (Lipinski definition) is 5. The predicted octanol–water partition coefficient (Wildman–Crippen LogP) is 2.07. The van der Waals surface area contributed by atoms with Crippen molar-refractivity contribution in [2.24, 2.45) is 0 Å². The van der Waals surface area contributed by atoms with Gasteiger partial charge in [0.25, 0.3) is 0 Å². The lowest BCUT2D eigenvalue weighted by Crippen LogP contribution is -2.58. The minimum atomic E-state index is -1.33. The SMILES string of the molecule is CC(=O)O[C@H]1C(O)O[C@H](CCl)[C@H](Cl)[C@@H]1OCc1ccccc1. The highest BCUT2D eigenvalue weighted by atomic mass is 35.5. The maximum Gasteiger partial charge on any atom is 0.303 e. The molecule has 2 rings (SSSR count). The molecule has 1 aliphatic rings. The van der Waals surface area contributed by atoms with E-state index in [0.717, 1.165) is 5.56 Å².